The summed E-state index contributed by atoms with van der Waals surface area (Å²) in [7, 11) is 0. The number of hydrogen-bond donors (Lipinski definition) is 1. The minimum absolute atomic E-state index is 0.411. The van der Waals surface area contributed by atoms with Crippen molar-refractivity contribution >= 4 is 42.6 Å². The number of hydrogen-bond acceptors (Lipinski definition) is 3. The van der Waals surface area contributed by atoms with Crippen LogP contribution in [0, 0.1) is 0 Å². The minimum atomic E-state index is 0.411. The molecule has 2 nitrogen and oxygen atoms in total. The first-order valence-corrected chi connectivity index (χ1v) is 8.68. The first-order chi connectivity index (χ1) is 10.2. The van der Waals surface area contributed by atoms with Crippen LogP contribution in [0.5, 0.6) is 0 Å². The van der Waals surface area contributed by atoms with E-state index in [0.717, 1.165) is 28.0 Å². The van der Waals surface area contributed by atoms with Crippen LogP contribution >= 0.6 is 27.3 Å². The van der Waals surface area contributed by atoms with Crippen LogP contribution in [-0.4, -0.2) is 11.0 Å². The van der Waals surface area contributed by atoms with Gasteiger partial charge in [0.25, 0.3) is 0 Å². The Labute approximate surface area is 137 Å². The molecule has 1 aromatic heterocycles. The van der Waals surface area contributed by atoms with Crippen molar-refractivity contribution in [2.24, 2.45) is 0 Å². The van der Waals surface area contributed by atoms with Crippen molar-refractivity contribution in [1.29, 1.82) is 0 Å². The number of aryl methyl sites for hydroxylation is 1. The Morgan fingerprint density at radius 1 is 1.19 bits per heavy atom. The molecule has 0 saturated carbocycles. The van der Waals surface area contributed by atoms with Gasteiger partial charge in [0.05, 0.1) is 10.2 Å². The maximum absolute atomic E-state index is 4.65. The second-order valence-electron chi connectivity index (χ2n) is 5.20. The van der Waals surface area contributed by atoms with Crippen molar-refractivity contribution in [2.75, 3.05) is 5.32 Å². The fraction of sp³-hybridized carbons (Fsp3) is 0.235. The van der Waals surface area contributed by atoms with Gasteiger partial charge < -0.3 is 5.32 Å². The highest BCUT2D eigenvalue weighted by Crippen LogP contribution is 2.28. The normalized spacial score (nSPS) is 12.5. The third-order valence-electron chi connectivity index (χ3n) is 3.43. The smallest absolute Gasteiger partial charge is 0.183 e. The summed E-state index contributed by atoms with van der Waals surface area (Å²) in [6, 6.07) is 17.3. The second kappa shape index (κ2) is 6.58. The molecule has 0 bridgehead atoms. The van der Waals surface area contributed by atoms with Crippen LogP contribution in [0.25, 0.3) is 10.2 Å². The summed E-state index contributed by atoms with van der Waals surface area (Å²) in [6.07, 6.45) is 2.19. The molecule has 1 atom stereocenters. The number of fused-ring (bicyclic) bond motifs is 1. The molecular formula is C17H17BrN2S. The second-order valence-corrected chi connectivity index (χ2v) is 7.15. The average molecular weight is 361 g/mol. The van der Waals surface area contributed by atoms with Crippen LogP contribution in [0.15, 0.2) is 53.0 Å². The number of rotatable bonds is 5. The van der Waals surface area contributed by atoms with Crippen molar-refractivity contribution < 1.29 is 0 Å². The topological polar surface area (TPSA) is 24.9 Å². The van der Waals surface area contributed by atoms with Gasteiger partial charge in [-0.25, -0.2) is 4.98 Å². The summed E-state index contributed by atoms with van der Waals surface area (Å²) in [5, 5.41) is 4.52. The maximum Gasteiger partial charge on any atom is 0.183 e. The lowest BCUT2D eigenvalue weighted by molar-refractivity contribution is 0.705. The molecule has 1 heterocycles. The van der Waals surface area contributed by atoms with Crippen LogP contribution in [-0.2, 0) is 6.42 Å². The minimum Gasteiger partial charge on any atom is -0.359 e. The van der Waals surface area contributed by atoms with Gasteiger partial charge in [-0.2, -0.15) is 0 Å². The number of aromatic nitrogens is 1. The third-order valence-corrected chi connectivity index (χ3v) is 4.89. The number of halogens is 1. The molecular weight excluding hydrogens is 344 g/mol. The fourth-order valence-corrected chi connectivity index (χ4v) is 3.58. The van der Waals surface area contributed by atoms with Gasteiger partial charge in [-0.1, -0.05) is 57.6 Å². The number of nitrogens with zero attached hydrogens (tertiary/aromatic N) is 1. The van der Waals surface area contributed by atoms with Gasteiger partial charge in [0.1, 0.15) is 0 Å². The van der Waals surface area contributed by atoms with E-state index in [1.807, 2.05) is 0 Å². The first kappa shape index (κ1) is 14.5. The highest BCUT2D eigenvalue weighted by atomic mass is 79.9. The van der Waals surface area contributed by atoms with E-state index in [9.17, 15) is 0 Å². The van der Waals surface area contributed by atoms with Crippen LogP contribution in [0.3, 0.4) is 0 Å². The molecule has 0 fully saturated rings. The molecule has 0 aliphatic rings. The summed E-state index contributed by atoms with van der Waals surface area (Å²) in [4.78, 5) is 4.65. The Morgan fingerprint density at radius 2 is 2.00 bits per heavy atom. The lowest BCUT2D eigenvalue weighted by atomic mass is 10.1. The van der Waals surface area contributed by atoms with E-state index in [2.05, 4.69) is 81.7 Å². The molecule has 21 heavy (non-hydrogen) atoms. The number of thiazole rings is 1. The van der Waals surface area contributed by atoms with Gasteiger partial charge in [-0.3, -0.25) is 0 Å². The van der Waals surface area contributed by atoms with Crippen molar-refractivity contribution in [2.45, 2.75) is 25.8 Å². The molecule has 3 rings (SSSR count). The van der Waals surface area contributed by atoms with Crippen molar-refractivity contribution in [3.05, 3.63) is 58.6 Å². The number of benzene rings is 2. The predicted octanol–water partition coefficient (Wildman–Crippen LogP) is 5.49. The quantitative estimate of drug-likeness (QED) is 0.650. The van der Waals surface area contributed by atoms with E-state index >= 15 is 0 Å². The summed E-state index contributed by atoms with van der Waals surface area (Å²) in [5.41, 5.74) is 2.44. The summed E-state index contributed by atoms with van der Waals surface area (Å²) >= 11 is 5.20. The van der Waals surface area contributed by atoms with Crippen LogP contribution in [0.4, 0.5) is 5.13 Å². The van der Waals surface area contributed by atoms with Crippen LogP contribution in [0.2, 0.25) is 0 Å². The van der Waals surface area contributed by atoms with Gasteiger partial charge in [0, 0.05) is 10.5 Å². The zero-order valence-corrected chi connectivity index (χ0v) is 14.2. The Hall–Kier alpha value is -1.39. The predicted molar refractivity (Wildman–Crippen MR) is 95.2 cm³/mol. The van der Waals surface area contributed by atoms with Crippen LogP contribution in [0.1, 0.15) is 18.9 Å². The van der Waals surface area contributed by atoms with Crippen molar-refractivity contribution in [3.8, 4) is 0 Å². The molecule has 1 unspecified atom stereocenters. The van der Waals surface area contributed by atoms with Crippen molar-refractivity contribution in [1.82, 2.24) is 4.98 Å². The highest BCUT2D eigenvalue weighted by molar-refractivity contribution is 9.10. The van der Waals surface area contributed by atoms with Gasteiger partial charge in [-0.05, 0) is 43.5 Å². The van der Waals surface area contributed by atoms with E-state index in [0.29, 0.717) is 6.04 Å². The molecule has 4 heteroatoms. The van der Waals surface area contributed by atoms with Gasteiger partial charge >= 0.3 is 0 Å². The molecule has 3 aromatic rings. The largest absolute Gasteiger partial charge is 0.359 e. The van der Waals surface area contributed by atoms with E-state index in [1.54, 1.807) is 11.3 Å². The van der Waals surface area contributed by atoms with Gasteiger partial charge in [0.15, 0.2) is 5.13 Å². The summed E-state index contributed by atoms with van der Waals surface area (Å²) in [5.74, 6) is 0. The van der Waals surface area contributed by atoms with E-state index < -0.39 is 0 Å². The molecule has 2 aromatic carbocycles. The van der Waals surface area contributed by atoms with Gasteiger partial charge in [0.2, 0.25) is 0 Å². The highest BCUT2D eigenvalue weighted by Gasteiger charge is 2.08. The number of nitrogens with one attached hydrogen (secondary N) is 1. The Balaban J connectivity index is 1.62. The Bertz CT molecular complexity index is 724. The van der Waals surface area contributed by atoms with Crippen molar-refractivity contribution in [3.63, 3.8) is 0 Å². The zero-order valence-electron chi connectivity index (χ0n) is 11.8. The standard InChI is InChI=1S/C17H17BrN2S/c1-12(7-8-13-5-3-2-4-6-13)19-17-20-15-11-14(18)9-10-16(15)21-17/h2-6,9-12H,7-8H2,1H3,(H,19,20). The third kappa shape index (κ3) is 3.83. The van der Waals surface area contributed by atoms with Gasteiger partial charge in [-0.15, -0.1) is 0 Å². The lowest BCUT2D eigenvalue weighted by Crippen LogP contribution is -2.15. The molecule has 0 aliphatic carbocycles. The first-order valence-electron chi connectivity index (χ1n) is 7.07. The monoisotopic (exact) mass is 360 g/mol. The lowest BCUT2D eigenvalue weighted by Gasteiger charge is -2.12. The van der Waals surface area contributed by atoms with Crippen LogP contribution < -0.4 is 5.32 Å². The average Bonchev–Trinajstić information content (AvgIpc) is 2.87. The molecule has 0 radical (unpaired) electrons. The fourth-order valence-electron chi connectivity index (χ4n) is 2.27. The molecule has 0 saturated heterocycles. The summed E-state index contributed by atoms with van der Waals surface area (Å²) in [6.45, 7) is 2.21. The SMILES string of the molecule is CC(CCc1ccccc1)Nc1nc2cc(Br)ccc2s1. The molecule has 1 N–H and O–H groups in total. The number of anilines is 1. The molecule has 0 aliphatic heterocycles. The van der Waals surface area contributed by atoms with E-state index in [-0.39, 0.29) is 0 Å². The Morgan fingerprint density at radius 3 is 2.81 bits per heavy atom. The molecule has 108 valence electrons. The Kier molecular flexibility index (Phi) is 4.56. The molecule has 0 spiro atoms. The zero-order chi connectivity index (χ0) is 14.7. The van der Waals surface area contributed by atoms with E-state index in [4.69, 9.17) is 0 Å². The molecule has 0 amide bonds. The summed E-state index contributed by atoms with van der Waals surface area (Å²) < 4.78 is 2.29. The maximum atomic E-state index is 4.65. The van der Waals surface area contributed by atoms with E-state index in [1.165, 1.54) is 10.3 Å².